The van der Waals surface area contributed by atoms with E-state index in [9.17, 15) is 19.5 Å². The van der Waals surface area contributed by atoms with Gasteiger partial charge in [-0.3, -0.25) is 19.4 Å². The summed E-state index contributed by atoms with van der Waals surface area (Å²) in [4.78, 5) is 48.2. The molecule has 0 aromatic carbocycles. The molecule has 2 aromatic heterocycles. The summed E-state index contributed by atoms with van der Waals surface area (Å²) in [6.45, 7) is 1.37. The first-order chi connectivity index (χ1) is 14.9. The highest BCUT2D eigenvalue weighted by molar-refractivity contribution is 8.01. The van der Waals surface area contributed by atoms with Gasteiger partial charge in [0.15, 0.2) is 0 Å². The molecule has 0 saturated carbocycles. The third kappa shape index (κ3) is 3.99. The van der Waals surface area contributed by atoms with E-state index >= 15 is 0 Å². The number of rotatable bonds is 7. The van der Waals surface area contributed by atoms with Gasteiger partial charge in [0, 0.05) is 24.1 Å². The number of thiophene rings is 1. The minimum atomic E-state index is -1.39. The number of hydrogen-bond acceptors (Lipinski definition) is 9. The SMILES string of the molecule is COc1cncc(SCC2(C(=O)O)CN3C(=O)C(c4cccs4)[C@H]3SC2NC(C)=O)n1. The minimum Gasteiger partial charge on any atom is -0.481 e. The number of methoxy groups -OCH3 is 1. The number of carbonyl (C=O) groups excluding carboxylic acids is 2. The summed E-state index contributed by atoms with van der Waals surface area (Å²) in [6, 6.07) is 3.80. The van der Waals surface area contributed by atoms with Crippen LogP contribution in [-0.4, -0.2) is 67.9 Å². The maximum Gasteiger partial charge on any atom is 0.315 e. The fraction of sp³-hybridized carbons (Fsp3) is 0.421. The van der Waals surface area contributed by atoms with Gasteiger partial charge in [0.2, 0.25) is 17.7 Å². The minimum absolute atomic E-state index is 0.00997. The van der Waals surface area contributed by atoms with Crippen molar-refractivity contribution in [1.82, 2.24) is 20.2 Å². The second-order valence-corrected chi connectivity index (χ2v) is 10.4. The lowest BCUT2D eigenvalue weighted by Gasteiger charge is -2.56. The molecule has 9 nitrogen and oxygen atoms in total. The number of carboxylic acids is 1. The monoisotopic (exact) mass is 480 g/mol. The van der Waals surface area contributed by atoms with E-state index in [-0.39, 0.29) is 35.4 Å². The number of nitrogens with zero attached hydrogens (tertiary/aromatic N) is 3. The van der Waals surface area contributed by atoms with Gasteiger partial charge in [0.25, 0.3) is 0 Å². The molecular weight excluding hydrogens is 460 g/mol. The summed E-state index contributed by atoms with van der Waals surface area (Å²) in [5.41, 5.74) is -1.39. The molecule has 2 aromatic rings. The fourth-order valence-electron chi connectivity index (χ4n) is 3.65. The number of hydrogen-bond donors (Lipinski definition) is 2. The Balaban J connectivity index is 1.61. The second kappa shape index (κ2) is 8.67. The van der Waals surface area contributed by atoms with Crippen molar-refractivity contribution < 1.29 is 24.2 Å². The molecule has 0 radical (unpaired) electrons. The van der Waals surface area contributed by atoms with E-state index in [0.717, 1.165) is 4.88 Å². The number of thioether (sulfide) groups is 2. The number of β-lactam (4-membered cyclic amide) rings is 1. The third-order valence-electron chi connectivity index (χ3n) is 5.26. The van der Waals surface area contributed by atoms with Crippen molar-refractivity contribution in [3.63, 3.8) is 0 Å². The number of nitrogens with one attached hydrogen (secondary N) is 1. The van der Waals surface area contributed by atoms with Crippen LogP contribution in [0.25, 0.3) is 0 Å². The first-order valence-corrected chi connectivity index (χ1v) is 12.1. The summed E-state index contributed by atoms with van der Waals surface area (Å²) >= 11 is 4.03. The molecule has 31 heavy (non-hydrogen) atoms. The number of amides is 2. The van der Waals surface area contributed by atoms with Crippen molar-refractivity contribution in [2.45, 2.75) is 28.6 Å². The van der Waals surface area contributed by atoms with Crippen LogP contribution in [0.4, 0.5) is 0 Å². The van der Waals surface area contributed by atoms with E-state index in [1.54, 1.807) is 4.90 Å². The molecule has 2 aliphatic rings. The van der Waals surface area contributed by atoms with Crippen LogP contribution in [0.3, 0.4) is 0 Å². The second-order valence-electron chi connectivity index (χ2n) is 7.22. The van der Waals surface area contributed by atoms with Crippen LogP contribution in [0.5, 0.6) is 5.88 Å². The molecular formula is C19H20N4O5S3. The van der Waals surface area contributed by atoms with E-state index in [4.69, 9.17) is 4.74 Å². The highest BCUT2D eigenvalue weighted by Gasteiger charge is 2.62. The Labute approximate surface area is 191 Å². The predicted octanol–water partition coefficient (Wildman–Crippen LogP) is 1.87. The molecule has 0 spiro atoms. The Morgan fingerprint density at radius 1 is 1.45 bits per heavy atom. The maximum absolute atomic E-state index is 12.9. The van der Waals surface area contributed by atoms with E-state index in [1.807, 2.05) is 17.5 Å². The van der Waals surface area contributed by atoms with Crippen LogP contribution in [-0.2, 0) is 14.4 Å². The van der Waals surface area contributed by atoms with E-state index in [1.165, 1.54) is 61.3 Å². The molecule has 4 atom stereocenters. The average molecular weight is 481 g/mol. The van der Waals surface area contributed by atoms with Crippen LogP contribution < -0.4 is 10.1 Å². The molecule has 164 valence electrons. The molecule has 2 saturated heterocycles. The number of carboxylic acid groups (broad SMARTS) is 1. The quantitative estimate of drug-likeness (QED) is 0.452. The number of carbonyl (C=O) groups is 3. The van der Waals surface area contributed by atoms with Gasteiger partial charge < -0.3 is 20.1 Å². The highest BCUT2D eigenvalue weighted by atomic mass is 32.2. The molecule has 12 heteroatoms. The smallest absolute Gasteiger partial charge is 0.315 e. The number of ether oxygens (including phenoxy) is 1. The van der Waals surface area contributed by atoms with Gasteiger partial charge in [-0.25, -0.2) is 4.98 Å². The van der Waals surface area contributed by atoms with Gasteiger partial charge in [-0.2, -0.15) is 0 Å². The molecule has 0 aliphatic carbocycles. The van der Waals surface area contributed by atoms with E-state index in [2.05, 4.69) is 15.3 Å². The zero-order chi connectivity index (χ0) is 22.2. The molecule has 4 rings (SSSR count). The summed E-state index contributed by atoms with van der Waals surface area (Å²) in [6.07, 6.45) is 2.98. The Kier molecular flexibility index (Phi) is 6.13. The molecule has 2 fully saturated rings. The van der Waals surface area contributed by atoms with Crippen LogP contribution in [0, 0.1) is 5.41 Å². The Hall–Kier alpha value is -2.31. The van der Waals surface area contributed by atoms with E-state index < -0.39 is 16.8 Å². The molecule has 2 aliphatic heterocycles. The largest absolute Gasteiger partial charge is 0.481 e. The first-order valence-electron chi connectivity index (χ1n) is 9.34. The number of aromatic nitrogens is 2. The predicted molar refractivity (Wildman–Crippen MR) is 117 cm³/mol. The summed E-state index contributed by atoms with van der Waals surface area (Å²) in [7, 11) is 1.47. The van der Waals surface area contributed by atoms with Crippen molar-refractivity contribution in [3.8, 4) is 5.88 Å². The van der Waals surface area contributed by atoms with Crippen LogP contribution >= 0.6 is 34.9 Å². The van der Waals surface area contributed by atoms with Crippen molar-refractivity contribution in [2.75, 3.05) is 19.4 Å². The van der Waals surface area contributed by atoms with Crippen molar-refractivity contribution in [3.05, 3.63) is 34.8 Å². The summed E-state index contributed by atoms with van der Waals surface area (Å²) in [5.74, 6) is -1.37. The normalized spacial score (nSPS) is 27.2. The standard InChI is InChI=1S/C19H20N4O5S3/c1-10(24)21-17-19(18(26)27,9-30-13-7-20-6-12(22-13)28-2)8-23-15(25)14(16(23)31-17)11-4-3-5-29-11/h3-7,14,16-17H,8-9H2,1-2H3,(H,21,24)(H,26,27)/t14?,16-,17?,19?/m1/s1. The lowest BCUT2D eigenvalue weighted by molar-refractivity contribution is -0.157. The lowest BCUT2D eigenvalue weighted by atomic mass is 9.84. The zero-order valence-electron chi connectivity index (χ0n) is 16.7. The average Bonchev–Trinajstić information content (AvgIpc) is 3.26. The Morgan fingerprint density at radius 2 is 2.26 bits per heavy atom. The third-order valence-corrected chi connectivity index (χ3v) is 9.01. The van der Waals surface area contributed by atoms with Crippen molar-refractivity contribution >= 4 is 52.6 Å². The summed E-state index contributed by atoms with van der Waals surface area (Å²) in [5, 5.41) is 14.6. The van der Waals surface area contributed by atoms with E-state index in [0.29, 0.717) is 10.9 Å². The molecule has 2 N–H and O–H groups in total. The van der Waals surface area contributed by atoms with Gasteiger partial charge >= 0.3 is 5.97 Å². The maximum atomic E-state index is 12.9. The molecule has 2 amide bonds. The van der Waals surface area contributed by atoms with Gasteiger partial charge in [0.05, 0.1) is 30.3 Å². The van der Waals surface area contributed by atoms with Gasteiger partial charge in [-0.1, -0.05) is 6.07 Å². The molecule has 4 heterocycles. The molecule has 0 bridgehead atoms. The van der Waals surface area contributed by atoms with Gasteiger partial charge in [0.1, 0.15) is 16.4 Å². The lowest BCUT2D eigenvalue weighted by Crippen LogP contribution is -2.70. The molecule has 3 unspecified atom stereocenters. The summed E-state index contributed by atoms with van der Waals surface area (Å²) < 4.78 is 5.08. The topological polar surface area (TPSA) is 122 Å². The highest BCUT2D eigenvalue weighted by Crippen LogP contribution is 2.53. The zero-order valence-corrected chi connectivity index (χ0v) is 19.1. The number of fused-ring (bicyclic) bond motifs is 1. The van der Waals surface area contributed by atoms with Gasteiger partial charge in [-0.05, 0) is 11.4 Å². The Morgan fingerprint density at radius 3 is 2.90 bits per heavy atom. The van der Waals surface area contributed by atoms with Gasteiger partial charge in [-0.15, -0.1) is 34.9 Å². The van der Waals surface area contributed by atoms with Crippen LogP contribution in [0.1, 0.15) is 17.7 Å². The van der Waals surface area contributed by atoms with Crippen molar-refractivity contribution in [1.29, 1.82) is 0 Å². The first kappa shape index (κ1) is 21.9. The Bertz CT molecular complexity index is 1000. The number of aliphatic carboxylic acids is 1. The fourth-order valence-corrected chi connectivity index (χ4v) is 7.55. The van der Waals surface area contributed by atoms with Crippen molar-refractivity contribution in [2.24, 2.45) is 5.41 Å². The van der Waals surface area contributed by atoms with Crippen LogP contribution in [0.15, 0.2) is 34.9 Å². The van der Waals surface area contributed by atoms with Crippen LogP contribution in [0.2, 0.25) is 0 Å².